The van der Waals surface area contributed by atoms with Gasteiger partial charge >= 0.3 is 0 Å². The summed E-state index contributed by atoms with van der Waals surface area (Å²) < 4.78 is 0. The van der Waals surface area contributed by atoms with Gasteiger partial charge in [-0.05, 0) is 36.2 Å². The zero-order valence-corrected chi connectivity index (χ0v) is 12.5. The van der Waals surface area contributed by atoms with E-state index in [1.54, 1.807) is 0 Å². The maximum atomic E-state index is 8.86. The van der Waals surface area contributed by atoms with Gasteiger partial charge in [0.05, 0.1) is 17.7 Å². The minimum Gasteiger partial charge on any atom is -0.378 e. The molecule has 0 fully saturated rings. The van der Waals surface area contributed by atoms with Gasteiger partial charge in [0.25, 0.3) is 0 Å². The third-order valence-electron chi connectivity index (χ3n) is 3.65. The minimum atomic E-state index is 0.325. The van der Waals surface area contributed by atoms with Gasteiger partial charge in [0.15, 0.2) is 0 Å². The van der Waals surface area contributed by atoms with E-state index in [1.807, 2.05) is 30.3 Å². The number of benzene rings is 2. The average molecular weight is 278 g/mol. The smallest absolute Gasteiger partial charge is 0.0991 e. The minimum absolute atomic E-state index is 0.325. The Labute approximate surface area is 127 Å². The van der Waals surface area contributed by atoms with Crippen molar-refractivity contribution in [2.45, 2.75) is 38.6 Å². The summed E-state index contributed by atoms with van der Waals surface area (Å²) in [6, 6.07) is 20.7. The summed E-state index contributed by atoms with van der Waals surface area (Å²) in [6.07, 6.45) is 4.84. The molecule has 1 N–H and O–H groups in total. The highest BCUT2D eigenvalue weighted by atomic mass is 14.9. The van der Waals surface area contributed by atoms with Crippen LogP contribution in [-0.2, 0) is 0 Å². The van der Waals surface area contributed by atoms with Crippen molar-refractivity contribution in [1.29, 1.82) is 5.26 Å². The quantitative estimate of drug-likeness (QED) is 0.698. The van der Waals surface area contributed by atoms with Gasteiger partial charge in [-0.1, -0.05) is 56.5 Å². The molecule has 1 atom stereocenters. The van der Waals surface area contributed by atoms with E-state index in [-0.39, 0.29) is 0 Å². The van der Waals surface area contributed by atoms with Gasteiger partial charge in [0.1, 0.15) is 0 Å². The molecule has 0 amide bonds. The Morgan fingerprint density at radius 1 is 1.00 bits per heavy atom. The van der Waals surface area contributed by atoms with E-state index in [4.69, 9.17) is 5.26 Å². The van der Waals surface area contributed by atoms with Crippen LogP contribution in [-0.4, -0.2) is 0 Å². The highest BCUT2D eigenvalue weighted by Gasteiger charge is 2.10. The summed E-state index contributed by atoms with van der Waals surface area (Å²) in [5, 5.41) is 12.5. The molecule has 2 nitrogen and oxygen atoms in total. The predicted octanol–water partition coefficient (Wildman–Crippen LogP) is 5.29. The van der Waals surface area contributed by atoms with E-state index < -0.39 is 0 Å². The average Bonchev–Trinajstić information content (AvgIpc) is 2.55. The third kappa shape index (κ3) is 4.65. The van der Waals surface area contributed by atoms with Crippen molar-refractivity contribution in [3.63, 3.8) is 0 Å². The van der Waals surface area contributed by atoms with E-state index in [1.165, 1.54) is 24.8 Å². The number of hydrogen-bond acceptors (Lipinski definition) is 2. The molecule has 2 rings (SSSR count). The van der Waals surface area contributed by atoms with Crippen LogP contribution in [0.15, 0.2) is 54.6 Å². The summed E-state index contributed by atoms with van der Waals surface area (Å²) in [4.78, 5) is 0. The highest BCUT2D eigenvalue weighted by Crippen LogP contribution is 2.25. The van der Waals surface area contributed by atoms with Crippen LogP contribution in [0.25, 0.3) is 0 Å². The van der Waals surface area contributed by atoms with E-state index >= 15 is 0 Å². The Kier molecular flexibility index (Phi) is 5.84. The van der Waals surface area contributed by atoms with Gasteiger partial charge in [-0.3, -0.25) is 0 Å². The molecule has 2 heteroatoms. The number of hydrogen-bond donors (Lipinski definition) is 1. The lowest BCUT2D eigenvalue weighted by Crippen LogP contribution is -2.10. The second-order valence-electron chi connectivity index (χ2n) is 5.29. The first kappa shape index (κ1) is 15.1. The second kappa shape index (κ2) is 8.11. The number of nitriles is 1. The Morgan fingerprint density at radius 2 is 1.71 bits per heavy atom. The molecule has 1 unspecified atom stereocenters. The molecule has 0 spiro atoms. The first-order chi connectivity index (χ1) is 10.3. The van der Waals surface area contributed by atoms with E-state index in [0.717, 1.165) is 12.1 Å². The molecule has 0 radical (unpaired) electrons. The van der Waals surface area contributed by atoms with Crippen molar-refractivity contribution in [2.24, 2.45) is 0 Å². The summed E-state index contributed by atoms with van der Waals surface area (Å²) >= 11 is 0. The van der Waals surface area contributed by atoms with Crippen LogP contribution in [0.5, 0.6) is 0 Å². The molecule has 0 aromatic heterocycles. The van der Waals surface area contributed by atoms with E-state index in [2.05, 4.69) is 42.6 Å². The van der Waals surface area contributed by atoms with E-state index in [9.17, 15) is 0 Å². The molecular weight excluding hydrogens is 256 g/mol. The molecule has 2 aromatic rings. The summed E-state index contributed by atoms with van der Waals surface area (Å²) in [5.74, 6) is 0. The standard InChI is InChI=1S/C19H22N2/c1-2-3-5-10-19(17-8-6-4-7-9-17)21-18-13-11-16(15-20)12-14-18/h4,6-9,11-14,19,21H,2-3,5,10H2,1H3. The summed E-state index contributed by atoms with van der Waals surface area (Å²) in [7, 11) is 0. The zero-order chi connectivity index (χ0) is 14.9. The number of nitrogens with zero attached hydrogens (tertiary/aromatic N) is 1. The highest BCUT2D eigenvalue weighted by molar-refractivity contribution is 5.48. The fraction of sp³-hybridized carbons (Fsp3) is 0.316. The molecule has 0 aliphatic carbocycles. The van der Waals surface area contributed by atoms with Crippen LogP contribution >= 0.6 is 0 Å². The van der Waals surface area contributed by atoms with Gasteiger partial charge in [0, 0.05) is 5.69 Å². The molecule has 0 bridgehead atoms. The molecular formula is C19H22N2. The largest absolute Gasteiger partial charge is 0.378 e. The van der Waals surface area contributed by atoms with Crippen molar-refractivity contribution in [2.75, 3.05) is 5.32 Å². The molecule has 0 aliphatic rings. The SMILES string of the molecule is CCCCCC(Nc1ccc(C#N)cc1)c1ccccc1. The summed E-state index contributed by atoms with van der Waals surface area (Å²) in [6.45, 7) is 2.23. The monoisotopic (exact) mass is 278 g/mol. The molecule has 0 heterocycles. The molecule has 108 valence electrons. The Balaban J connectivity index is 2.09. The maximum absolute atomic E-state index is 8.86. The van der Waals surface area contributed by atoms with Crippen molar-refractivity contribution >= 4 is 5.69 Å². The van der Waals surface area contributed by atoms with Crippen LogP contribution in [0.2, 0.25) is 0 Å². The van der Waals surface area contributed by atoms with Gasteiger partial charge in [0.2, 0.25) is 0 Å². The first-order valence-corrected chi connectivity index (χ1v) is 7.65. The molecule has 0 aliphatic heterocycles. The topological polar surface area (TPSA) is 35.8 Å². The fourth-order valence-corrected chi connectivity index (χ4v) is 2.45. The lowest BCUT2D eigenvalue weighted by atomic mass is 10.00. The van der Waals surface area contributed by atoms with Crippen LogP contribution < -0.4 is 5.32 Å². The van der Waals surface area contributed by atoms with Gasteiger partial charge < -0.3 is 5.32 Å². The third-order valence-corrected chi connectivity index (χ3v) is 3.65. The van der Waals surface area contributed by atoms with Crippen molar-refractivity contribution in [3.05, 3.63) is 65.7 Å². The van der Waals surface area contributed by atoms with Crippen LogP contribution in [0.3, 0.4) is 0 Å². The van der Waals surface area contributed by atoms with Gasteiger partial charge in [-0.2, -0.15) is 5.26 Å². The lowest BCUT2D eigenvalue weighted by molar-refractivity contribution is 0.606. The van der Waals surface area contributed by atoms with Crippen molar-refractivity contribution in [1.82, 2.24) is 0 Å². The lowest BCUT2D eigenvalue weighted by Gasteiger charge is -2.20. The Morgan fingerprint density at radius 3 is 2.33 bits per heavy atom. The fourth-order valence-electron chi connectivity index (χ4n) is 2.45. The van der Waals surface area contributed by atoms with E-state index in [0.29, 0.717) is 11.6 Å². The van der Waals surface area contributed by atoms with Crippen LogP contribution in [0.1, 0.15) is 49.8 Å². The maximum Gasteiger partial charge on any atom is 0.0991 e. The van der Waals surface area contributed by atoms with Crippen molar-refractivity contribution < 1.29 is 0 Å². The first-order valence-electron chi connectivity index (χ1n) is 7.65. The molecule has 0 saturated carbocycles. The number of rotatable bonds is 7. The Bertz CT molecular complexity index is 567. The Hall–Kier alpha value is -2.27. The normalized spacial score (nSPS) is 11.6. The van der Waals surface area contributed by atoms with Crippen LogP contribution in [0.4, 0.5) is 5.69 Å². The summed E-state index contributed by atoms with van der Waals surface area (Å²) in [5.41, 5.74) is 3.08. The molecule has 21 heavy (non-hydrogen) atoms. The number of anilines is 1. The predicted molar refractivity (Wildman–Crippen MR) is 88.1 cm³/mol. The second-order valence-corrected chi connectivity index (χ2v) is 5.29. The van der Waals surface area contributed by atoms with Gasteiger partial charge in [-0.25, -0.2) is 0 Å². The van der Waals surface area contributed by atoms with Gasteiger partial charge in [-0.15, -0.1) is 0 Å². The molecule has 2 aromatic carbocycles. The number of unbranched alkanes of at least 4 members (excludes halogenated alkanes) is 2. The zero-order valence-electron chi connectivity index (χ0n) is 12.5. The molecule has 0 saturated heterocycles. The van der Waals surface area contributed by atoms with Crippen molar-refractivity contribution in [3.8, 4) is 6.07 Å². The van der Waals surface area contributed by atoms with Crippen LogP contribution in [0, 0.1) is 11.3 Å². The number of nitrogens with one attached hydrogen (secondary N) is 1.